The molecule has 11 nitrogen and oxygen atoms in total. The predicted molar refractivity (Wildman–Crippen MR) is 147 cm³/mol. The molecule has 0 aliphatic carbocycles. The van der Waals surface area contributed by atoms with Crippen molar-refractivity contribution in [1.82, 2.24) is 34.4 Å². The summed E-state index contributed by atoms with van der Waals surface area (Å²) in [4.78, 5) is 23.9. The minimum atomic E-state index is -0.0749. The lowest BCUT2D eigenvalue weighted by molar-refractivity contribution is 0.211. The highest BCUT2D eigenvalue weighted by Crippen LogP contribution is 2.31. The summed E-state index contributed by atoms with van der Waals surface area (Å²) in [6, 6.07) is 19.3. The number of nitrogens with one attached hydrogen (secondary N) is 1. The topological polar surface area (TPSA) is 155 Å². The maximum absolute atomic E-state index is 10.1. The zero-order valence-corrected chi connectivity index (χ0v) is 21.1. The van der Waals surface area contributed by atoms with Crippen molar-refractivity contribution in [3.8, 4) is 29.0 Å². The summed E-state index contributed by atoms with van der Waals surface area (Å²) < 4.78 is 1.90. The third-order valence-electron chi connectivity index (χ3n) is 6.87. The second-order valence-corrected chi connectivity index (χ2v) is 9.46. The van der Waals surface area contributed by atoms with Crippen LogP contribution in [-0.4, -0.2) is 58.6 Å². The van der Waals surface area contributed by atoms with Gasteiger partial charge in [0.15, 0.2) is 11.5 Å². The fourth-order valence-corrected chi connectivity index (χ4v) is 4.93. The van der Waals surface area contributed by atoms with E-state index >= 15 is 0 Å². The summed E-state index contributed by atoms with van der Waals surface area (Å²) in [5.41, 5.74) is 10.1. The minimum Gasteiger partial charge on any atom is -0.493 e. The van der Waals surface area contributed by atoms with Crippen LogP contribution < -0.4 is 11.1 Å². The van der Waals surface area contributed by atoms with Gasteiger partial charge in [0.2, 0.25) is 11.7 Å². The molecule has 0 radical (unpaired) electrons. The number of imidazole rings is 1. The number of nitrogens with zero attached hydrogens (tertiary/aromatic N) is 8. The van der Waals surface area contributed by atoms with Crippen LogP contribution in [0.2, 0.25) is 0 Å². The summed E-state index contributed by atoms with van der Waals surface area (Å²) in [7, 11) is 0. The first-order valence-corrected chi connectivity index (χ1v) is 12.7. The largest absolute Gasteiger partial charge is 0.493 e. The number of pyridine rings is 2. The van der Waals surface area contributed by atoms with E-state index in [0.717, 1.165) is 38.2 Å². The number of fused-ring (bicyclic) bond motifs is 1. The second-order valence-electron chi connectivity index (χ2n) is 9.46. The molecule has 39 heavy (non-hydrogen) atoms. The summed E-state index contributed by atoms with van der Waals surface area (Å²) in [5, 5.41) is 22.5. The molecule has 0 unspecified atom stereocenters. The van der Waals surface area contributed by atoms with Gasteiger partial charge >= 0.3 is 0 Å². The van der Waals surface area contributed by atoms with Gasteiger partial charge in [-0.1, -0.05) is 12.1 Å². The SMILES string of the molecule is N#Cc1nccc(NC2CCN(Cc3ccc(-n4c(-c5cccnc5N)nc5ccc(O)nc54)cc3)CC2)n1. The van der Waals surface area contributed by atoms with Gasteiger partial charge in [0, 0.05) is 49.8 Å². The van der Waals surface area contributed by atoms with Crippen molar-refractivity contribution < 1.29 is 5.11 Å². The average Bonchev–Trinajstić information content (AvgIpc) is 3.33. The van der Waals surface area contributed by atoms with Crippen molar-refractivity contribution in [1.29, 1.82) is 5.26 Å². The Balaban J connectivity index is 1.18. The molecule has 0 spiro atoms. The number of nitrogen functional groups attached to an aromatic ring is 1. The molecule has 0 amide bonds. The number of nitrogens with two attached hydrogens (primary N) is 1. The Labute approximate surface area is 224 Å². The van der Waals surface area contributed by atoms with Crippen LogP contribution >= 0.6 is 0 Å². The van der Waals surface area contributed by atoms with Crippen LogP contribution in [0.1, 0.15) is 24.2 Å². The smallest absolute Gasteiger partial charge is 0.234 e. The number of aromatic hydroxyl groups is 1. The first-order chi connectivity index (χ1) is 19.1. The molecule has 0 atom stereocenters. The van der Waals surface area contributed by atoms with Crippen molar-refractivity contribution in [2.75, 3.05) is 24.1 Å². The van der Waals surface area contributed by atoms with Gasteiger partial charge in [-0.25, -0.2) is 19.9 Å². The fourth-order valence-electron chi connectivity index (χ4n) is 4.93. The van der Waals surface area contributed by atoms with E-state index in [1.807, 2.05) is 34.9 Å². The van der Waals surface area contributed by atoms with E-state index in [1.54, 1.807) is 24.5 Å². The number of likely N-dealkylation sites (tertiary alicyclic amines) is 1. The Morgan fingerprint density at radius 2 is 1.79 bits per heavy atom. The van der Waals surface area contributed by atoms with Crippen molar-refractivity contribution in [2.45, 2.75) is 25.4 Å². The molecule has 11 heteroatoms. The van der Waals surface area contributed by atoms with E-state index in [1.165, 1.54) is 11.6 Å². The van der Waals surface area contributed by atoms with Crippen molar-refractivity contribution in [2.24, 2.45) is 0 Å². The summed E-state index contributed by atoms with van der Waals surface area (Å²) in [6.45, 7) is 2.75. The number of hydrogen-bond donors (Lipinski definition) is 3. The van der Waals surface area contributed by atoms with Crippen LogP contribution in [-0.2, 0) is 6.54 Å². The van der Waals surface area contributed by atoms with Gasteiger partial charge < -0.3 is 16.2 Å². The van der Waals surface area contributed by atoms with Crippen LogP contribution in [0, 0.1) is 11.3 Å². The molecule has 0 bridgehead atoms. The number of anilines is 2. The standard InChI is InChI=1S/C28H26N10O/c29-16-24-31-13-9-23(35-24)33-19-10-14-37(15-11-19)17-18-3-5-20(6-4-18)38-27(21-2-1-12-32-26(21)30)34-22-7-8-25(39)36-28(22)38/h1-9,12-13,19H,10-11,14-15,17H2,(H2,30,32)(H,36,39)(H,31,33,35). The fraction of sp³-hybridized carbons (Fsp3) is 0.214. The first kappa shape index (κ1) is 24.3. The second kappa shape index (κ2) is 10.4. The third kappa shape index (κ3) is 5.05. The lowest BCUT2D eigenvalue weighted by Gasteiger charge is -2.32. The molecular weight excluding hydrogens is 492 g/mol. The molecule has 5 aromatic rings. The zero-order chi connectivity index (χ0) is 26.8. The number of hydrogen-bond acceptors (Lipinski definition) is 10. The van der Waals surface area contributed by atoms with Gasteiger partial charge in [-0.15, -0.1) is 0 Å². The third-order valence-corrected chi connectivity index (χ3v) is 6.87. The van der Waals surface area contributed by atoms with Crippen LogP contribution in [0.3, 0.4) is 0 Å². The molecule has 1 aliphatic rings. The van der Waals surface area contributed by atoms with Crippen molar-refractivity contribution in [3.05, 3.63) is 78.4 Å². The molecule has 4 N–H and O–H groups in total. The molecule has 194 valence electrons. The zero-order valence-electron chi connectivity index (χ0n) is 21.1. The Bertz CT molecular complexity index is 1670. The van der Waals surface area contributed by atoms with Crippen molar-refractivity contribution >= 4 is 22.8 Å². The number of aromatic nitrogens is 6. The number of benzene rings is 1. The molecule has 1 aliphatic heterocycles. The highest BCUT2D eigenvalue weighted by molar-refractivity contribution is 5.83. The van der Waals surface area contributed by atoms with E-state index in [-0.39, 0.29) is 11.7 Å². The van der Waals surface area contributed by atoms with E-state index in [0.29, 0.717) is 40.2 Å². The normalized spacial score (nSPS) is 14.3. The quantitative estimate of drug-likeness (QED) is 0.304. The minimum absolute atomic E-state index is 0.0749. The Morgan fingerprint density at radius 3 is 2.56 bits per heavy atom. The molecular formula is C28H26N10O. The monoisotopic (exact) mass is 518 g/mol. The van der Waals surface area contributed by atoms with Gasteiger partial charge in [-0.2, -0.15) is 10.2 Å². The van der Waals surface area contributed by atoms with Gasteiger partial charge in [0.1, 0.15) is 23.2 Å². The lowest BCUT2D eigenvalue weighted by Crippen LogP contribution is -2.38. The highest BCUT2D eigenvalue weighted by atomic mass is 16.3. The van der Waals surface area contributed by atoms with Gasteiger partial charge in [-0.3, -0.25) is 9.47 Å². The van der Waals surface area contributed by atoms with Gasteiger partial charge in [-0.05, 0) is 54.8 Å². The molecule has 1 fully saturated rings. The molecule has 4 aromatic heterocycles. The van der Waals surface area contributed by atoms with Crippen LogP contribution in [0.15, 0.2) is 67.0 Å². The van der Waals surface area contributed by atoms with Crippen LogP contribution in [0.4, 0.5) is 11.6 Å². The Kier molecular flexibility index (Phi) is 6.44. The Morgan fingerprint density at radius 1 is 0.974 bits per heavy atom. The van der Waals surface area contributed by atoms with E-state index in [9.17, 15) is 5.11 Å². The maximum atomic E-state index is 10.1. The highest BCUT2D eigenvalue weighted by Gasteiger charge is 2.21. The van der Waals surface area contributed by atoms with Gasteiger partial charge in [0.25, 0.3) is 0 Å². The van der Waals surface area contributed by atoms with Gasteiger partial charge in [0.05, 0.1) is 5.56 Å². The number of rotatable bonds is 6. The molecule has 1 saturated heterocycles. The van der Waals surface area contributed by atoms with E-state index < -0.39 is 0 Å². The number of piperidine rings is 1. The first-order valence-electron chi connectivity index (χ1n) is 12.7. The predicted octanol–water partition coefficient (Wildman–Crippen LogP) is 3.51. The summed E-state index contributed by atoms with van der Waals surface area (Å²) in [6.07, 6.45) is 5.21. The summed E-state index contributed by atoms with van der Waals surface area (Å²) >= 11 is 0. The molecule has 0 saturated carbocycles. The summed E-state index contributed by atoms with van der Waals surface area (Å²) in [5.74, 6) is 1.78. The van der Waals surface area contributed by atoms with Crippen molar-refractivity contribution in [3.63, 3.8) is 0 Å². The van der Waals surface area contributed by atoms with E-state index in [4.69, 9.17) is 16.0 Å². The maximum Gasteiger partial charge on any atom is 0.234 e. The average molecular weight is 519 g/mol. The molecule has 1 aromatic carbocycles. The van der Waals surface area contributed by atoms with Crippen LogP contribution in [0.5, 0.6) is 5.88 Å². The number of nitriles is 1. The lowest BCUT2D eigenvalue weighted by atomic mass is 10.0. The van der Waals surface area contributed by atoms with E-state index in [2.05, 4.69) is 42.3 Å². The Hall–Kier alpha value is -5.08. The molecule has 5 heterocycles. The van der Waals surface area contributed by atoms with Crippen LogP contribution in [0.25, 0.3) is 28.2 Å². The molecule has 6 rings (SSSR count).